The summed E-state index contributed by atoms with van der Waals surface area (Å²) in [6, 6.07) is 7.82. The third-order valence-electron chi connectivity index (χ3n) is 3.21. The van der Waals surface area contributed by atoms with Crippen LogP contribution in [0.15, 0.2) is 35.9 Å². The third-order valence-corrected chi connectivity index (χ3v) is 3.21. The highest BCUT2D eigenvalue weighted by molar-refractivity contribution is 5.79. The average Bonchev–Trinajstić information content (AvgIpc) is 2.38. The monoisotopic (exact) mass is 240 g/mol. The molecule has 1 aliphatic rings. The predicted octanol–water partition coefficient (Wildman–Crippen LogP) is 2.37. The number of hydrogen-bond acceptors (Lipinski definition) is 4. The van der Waals surface area contributed by atoms with Gasteiger partial charge in [0.1, 0.15) is 0 Å². The van der Waals surface area contributed by atoms with Crippen LogP contribution in [0.2, 0.25) is 0 Å². The average molecular weight is 240 g/mol. The normalized spacial score (nSPS) is 15.8. The van der Waals surface area contributed by atoms with Crippen LogP contribution in [0, 0.1) is 0 Å². The predicted molar refractivity (Wildman–Crippen MR) is 74.5 cm³/mol. The van der Waals surface area contributed by atoms with Crippen LogP contribution >= 0.6 is 0 Å². The molecule has 0 radical (unpaired) electrons. The quantitative estimate of drug-likeness (QED) is 0.777. The van der Waals surface area contributed by atoms with Gasteiger partial charge in [0.15, 0.2) is 11.6 Å². The van der Waals surface area contributed by atoms with Crippen LogP contribution in [0.4, 0.5) is 11.6 Å². The Labute approximate surface area is 106 Å². The molecule has 0 bridgehead atoms. The third kappa shape index (κ3) is 1.90. The number of para-hydroxylation sites is 2. The van der Waals surface area contributed by atoms with Crippen LogP contribution in [0.5, 0.6) is 0 Å². The maximum atomic E-state index is 6.03. The summed E-state index contributed by atoms with van der Waals surface area (Å²) in [5, 5.41) is 0. The smallest absolute Gasteiger partial charge is 0.172 e. The maximum absolute atomic E-state index is 6.03. The second kappa shape index (κ2) is 4.29. The summed E-state index contributed by atoms with van der Waals surface area (Å²) in [6.45, 7) is 3.97. The van der Waals surface area contributed by atoms with Gasteiger partial charge < -0.3 is 10.6 Å². The van der Waals surface area contributed by atoms with Crippen LogP contribution in [0.1, 0.15) is 13.3 Å². The van der Waals surface area contributed by atoms with Crippen LogP contribution in [0.3, 0.4) is 0 Å². The molecule has 0 saturated heterocycles. The zero-order valence-electron chi connectivity index (χ0n) is 10.4. The summed E-state index contributed by atoms with van der Waals surface area (Å²) >= 11 is 0. The van der Waals surface area contributed by atoms with E-state index in [1.807, 2.05) is 24.3 Å². The zero-order valence-corrected chi connectivity index (χ0v) is 10.4. The highest BCUT2D eigenvalue weighted by Crippen LogP contribution is 2.24. The Kier molecular flexibility index (Phi) is 2.63. The Balaban J connectivity index is 2.06. The Hall–Kier alpha value is -2.10. The standard InChI is InChI=1S/C14H16N4/c1-10-5-4-8-18(9-10)14-13(15)16-11-6-2-3-7-12(11)17-14/h2-3,5-7H,4,8-9H2,1H3,(H2,15,16). The summed E-state index contributed by atoms with van der Waals surface area (Å²) in [5.41, 5.74) is 9.13. The summed E-state index contributed by atoms with van der Waals surface area (Å²) in [5.74, 6) is 1.32. The first kappa shape index (κ1) is 11.0. The van der Waals surface area contributed by atoms with Gasteiger partial charge >= 0.3 is 0 Å². The van der Waals surface area contributed by atoms with Crippen molar-refractivity contribution in [3.05, 3.63) is 35.9 Å². The fourth-order valence-electron chi connectivity index (χ4n) is 2.33. The maximum Gasteiger partial charge on any atom is 0.172 e. The first-order chi connectivity index (χ1) is 8.74. The van der Waals surface area contributed by atoms with E-state index < -0.39 is 0 Å². The van der Waals surface area contributed by atoms with Crippen molar-refractivity contribution in [3.63, 3.8) is 0 Å². The van der Waals surface area contributed by atoms with Crippen molar-refractivity contribution in [1.82, 2.24) is 9.97 Å². The molecule has 0 atom stereocenters. The molecule has 2 N–H and O–H groups in total. The fraction of sp³-hybridized carbons (Fsp3) is 0.286. The minimum absolute atomic E-state index is 0.517. The molecule has 0 amide bonds. The molecule has 0 spiro atoms. The van der Waals surface area contributed by atoms with Gasteiger partial charge in [0.2, 0.25) is 0 Å². The van der Waals surface area contributed by atoms with Crippen molar-refractivity contribution in [2.75, 3.05) is 23.7 Å². The van der Waals surface area contributed by atoms with Gasteiger partial charge in [0.25, 0.3) is 0 Å². The number of benzene rings is 1. The van der Waals surface area contributed by atoms with E-state index in [9.17, 15) is 0 Å². The molecule has 4 nitrogen and oxygen atoms in total. The van der Waals surface area contributed by atoms with Crippen molar-refractivity contribution in [2.45, 2.75) is 13.3 Å². The number of rotatable bonds is 1. The van der Waals surface area contributed by atoms with Crippen molar-refractivity contribution in [1.29, 1.82) is 0 Å². The number of nitrogen functional groups attached to an aromatic ring is 1. The van der Waals surface area contributed by atoms with Gasteiger partial charge in [-0.1, -0.05) is 23.8 Å². The van der Waals surface area contributed by atoms with E-state index in [0.717, 1.165) is 36.4 Å². The van der Waals surface area contributed by atoms with Crippen LogP contribution in [-0.4, -0.2) is 23.1 Å². The summed E-state index contributed by atoms with van der Waals surface area (Å²) in [6.07, 6.45) is 3.31. The van der Waals surface area contributed by atoms with E-state index >= 15 is 0 Å². The zero-order chi connectivity index (χ0) is 12.5. The summed E-state index contributed by atoms with van der Waals surface area (Å²) in [7, 11) is 0. The molecule has 3 rings (SSSR count). The minimum atomic E-state index is 0.517. The molecule has 1 aromatic carbocycles. The van der Waals surface area contributed by atoms with Crippen molar-refractivity contribution in [2.24, 2.45) is 0 Å². The van der Waals surface area contributed by atoms with Crippen molar-refractivity contribution < 1.29 is 0 Å². The van der Waals surface area contributed by atoms with Crippen LogP contribution in [0.25, 0.3) is 11.0 Å². The molecule has 0 fully saturated rings. The number of nitrogens with zero attached hydrogens (tertiary/aromatic N) is 3. The number of hydrogen-bond donors (Lipinski definition) is 1. The van der Waals surface area contributed by atoms with Crippen LogP contribution in [-0.2, 0) is 0 Å². The van der Waals surface area contributed by atoms with Gasteiger partial charge in [-0.2, -0.15) is 0 Å². The molecule has 0 aliphatic carbocycles. The van der Waals surface area contributed by atoms with Gasteiger partial charge in [-0.25, -0.2) is 9.97 Å². The molecule has 0 unspecified atom stereocenters. The highest BCUT2D eigenvalue weighted by atomic mass is 15.2. The molecule has 2 aromatic rings. The summed E-state index contributed by atoms with van der Waals surface area (Å²) < 4.78 is 0. The van der Waals surface area contributed by atoms with Crippen molar-refractivity contribution >= 4 is 22.7 Å². The molecule has 2 heterocycles. The Morgan fingerprint density at radius 3 is 2.61 bits per heavy atom. The molecular formula is C14H16N4. The van der Waals surface area contributed by atoms with Gasteiger partial charge in [-0.15, -0.1) is 0 Å². The highest BCUT2D eigenvalue weighted by Gasteiger charge is 2.16. The SMILES string of the molecule is CC1=CCCN(c2nc3ccccc3nc2N)C1. The minimum Gasteiger partial charge on any atom is -0.381 e. The van der Waals surface area contributed by atoms with E-state index in [2.05, 4.69) is 27.9 Å². The molecule has 92 valence electrons. The lowest BCUT2D eigenvalue weighted by Gasteiger charge is -2.27. The molecular weight excluding hydrogens is 224 g/mol. The van der Waals surface area contributed by atoms with E-state index in [1.54, 1.807) is 0 Å². The van der Waals surface area contributed by atoms with Gasteiger partial charge in [0, 0.05) is 13.1 Å². The fourth-order valence-corrected chi connectivity index (χ4v) is 2.33. The van der Waals surface area contributed by atoms with Crippen LogP contribution < -0.4 is 10.6 Å². The molecule has 1 aromatic heterocycles. The first-order valence-electron chi connectivity index (χ1n) is 6.17. The number of nitrogens with two attached hydrogens (primary N) is 1. The van der Waals surface area contributed by atoms with E-state index in [1.165, 1.54) is 5.57 Å². The molecule has 18 heavy (non-hydrogen) atoms. The topological polar surface area (TPSA) is 55.0 Å². The van der Waals surface area contributed by atoms with Gasteiger partial charge in [-0.05, 0) is 25.5 Å². The Bertz CT molecular complexity index is 618. The second-order valence-electron chi connectivity index (χ2n) is 4.68. The van der Waals surface area contributed by atoms with E-state index in [4.69, 9.17) is 5.73 Å². The number of aromatic nitrogens is 2. The van der Waals surface area contributed by atoms with E-state index in [0.29, 0.717) is 5.82 Å². The lowest BCUT2D eigenvalue weighted by molar-refractivity contribution is 0.779. The largest absolute Gasteiger partial charge is 0.381 e. The lowest BCUT2D eigenvalue weighted by atomic mass is 10.1. The van der Waals surface area contributed by atoms with Crippen molar-refractivity contribution in [3.8, 4) is 0 Å². The van der Waals surface area contributed by atoms with E-state index in [-0.39, 0.29) is 0 Å². The lowest BCUT2D eigenvalue weighted by Crippen LogP contribution is -2.30. The number of anilines is 2. The van der Waals surface area contributed by atoms with Gasteiger partial charge in [-0.3, -0.25) is 0 Å². The molecule has 0 saturated carbocycles. The second-order valence-corrected chi connectivity index (χ2v) is 4.68. The molecule has 4 heteroatoms. The Morgan fingerprint density at radius 2 is 1.89 bits per heavy atom. The molecule has 1 aliphatic heterocycles. The summed E-state index contributed by atoms with van der Waals surface area (Å²) in [4.78, 5) is 11.3. The van der Waals surface area contributed by atoms with Gasteiger partial charge in [0.05, 0.1) is 11.0 Å². The number of fused-ring (bicyclic) bond motifs is 1. The Morgan fingerprint density at radius 1 is 1.17 bits per heavy atom. The first-order valence-corrected chi connectivity index (χ1v) is 6.17.